The summed E-state index contributed by atoms with van der Waals surface area (Å²) in [4.78, 5) is 11.5. The van der Waals surface area contributed by atoms with E-state index in [-0.39, 0.29) is 23.6 Å². The molecule has 0 aliphatic heterocycles. The molecule has 0 spiro atoms. The van der Waals surface area contributed by atoms with Gasteiger partial charge in [0, 0.05) is 0 Å². The van der Waals surface area contributed by atoms with E-state index in [9.17, 15) is 9.18 Å². The van der Waals surface area contributed by atoms with Crippen molar-refractivity contribution in [3.8, 4) is 0 Å². The highest BCUT2D eigenvalue weighted by atomic mass is 19.1. The highest BCUT2D eigenvalue weighted by Crippen LogP contribution is 2.48. The Morgan fingerprint density at radius 3 is 2.75 bits per heavy atom. The van der Waals surface area contributed by atoms with Gasteiger partial charge in [-0.2, -0.15) is 0 Å². The largest absolute Gasteiger partial charge is 0.465 e. The second-order valence-corrected chi connectivity index (χ2v) is 4.17. The Morgan fingerprint density at radius 2 is 2.12 bits per heavy atom. The first-order valence-electron chi connectivity index (χ1n) is 5.64. The van der Waals surface area contributed by atoms with Gasteiger partial charge in [-0.3, -0.25) is 4.79 Å². The average Bonchev–Trinajstić information content (AvgIpc) is 3.07. The summed E-state index contributed by atoms with van der Waals surface area (Å²) >= 11 is 0. The second kappa shape index (κ2) is 4.64. The number of hydrogen-bond acceptors (Lipinski definition) is 2. The van der Waals surface area contributed by atoms with Crippen LogP contribution in [0.5, 0.6) is 0 Å². The maximum Gasteiger partial charge on any atom is 0.309 e. The van der Waals surface area contributed by atoms with E-state index in [4.69, 9.17) is 4.74 Å². The minimum absolute atomic E-state index is 0.0167. The number of esters is 1. The first kappa shape index (κ1) is 11.1. The van der Waals surface area contributed by atoms with Gasteiger partial charge in [0.15, 0.2) is 0 Å². The van der Waals surface area contributed by atoms with Gasteiger partial charge in [0.25, 0.3) is 0 Å². The summed E-state index contributed by atoms with van der Waals surface area (Å²) in [6, 6.07) is 6.35. The summed E-state index contributed by atoms with van der Waals surface area (Å²) in [7, 11) is 0. The van der Waals surface area contributed by atoms with Crippen molar-refractivity contribution in [3.63, 3.8) is 0 Å². The maximum atomic E-state index is 12.7. The zero-order valence-electron chi connectivity index (χ0n) is 9.28. The molecule has 1 fully saturated rings. The van der Waals surface area contributed by atoms with Crippen LogP contribution < -0.4 is 0 Å². The molecule has 1 aliphatic carbocycles. The quantitative estimate of drug-likeness (QED) is 0.732. The number of halogens is 1. The van der Waals surface area contributed by atoms with Crippen LogP contribution in [0.1, 0.15) is 31.2 Å². The molecule has 2 atom stereocenters. The fraction of sp³-hybridized carbons (Fsp3) is 0.462. The van der Waals surface area contributed by atoms with Crippen molar-refractivity contribution < 1.29 is 13.9 Å². The number of hydrogen-bond donors (Lipinski definition) is 0. The fourth-order valence-electron chi connectivity index (χ4n) is 1.84. The van der Waals surface area contributed by atoms with Crippen molar-refractivity contribution in [2.45, 2.75) is 25.7 Å². The van der Waals surface area contributed by atoms with E-state index in [1.165, 1.54) is 12.1 Å². The second-order valence-electron chi connectivity index (χ2n) is 4.17. The standard InChI is InChI=1S/C13H15FO2/c1-2-7-16-13(15)12-8-11(12)9-3-5-10(14)6-4-9/h3-6,11-12H,2,7-8H2,1H3. The lowest BCUT2D eigenvalue weighted by Crippen LogP contribution is -2.08. The minimum Gasteiger partial charge on any atom is -0.465 e. The van der Waals surface area contributed by atoms with Crippen molar-refractivity contribution in [1.29, 1.82) is 0 Å². The van der Waals surface area contributed by atoms with Crippen molar-refractivity contribution >= 4 is 5.97 Å². The lowest BCUT2D eigenvalue weighted by molar-refractivity contribution is -0.145. The lowest BCUT2D eigenvalue weighted by Gasteiger charge is -2.02. The molecule has 1 aromatic carbocycles. The number of carbonyl (C=O) groups is 1. The van der Waals surface area contributed by atoms with Crippen molar-refractivity contribution in [3.05, 3.63) is 35.6 Å². The van der Waals surface area contributed by atoms with Crippen molar-refractivity contribution in [2.24, 2.45) is 5.92 Å². The Hall–Kier alpha value is -1.38. The molecule has 1 aromatic rings. The SMILES string of the molecule is CCCOC(=O)C1CC1c1ccc(F)cc1. The van der Waals surface area contributed by atoms with Crippen LogP contribution >= 0.6 is 0 Å². The monoisotopic (exact) mass is 222 g/mol. The molecule has 0 radical (unpaired) electrons. The molecular formula is C13H15FO2. The third-order valence-corrected chi connectivity index (χ3v) is 2.84. The Morgan fingerprint density at radius 1 is 1.44 bits per heavy atom. The van der Waals surface area contributed by atoms with Gasteiger partial charge in [0.05, 0.1) is 12.5 Å². The minimum atomic E-state index is -0.241. The van der Waals surface area contributed by atoms with Gasteiger partial charge in [-0.15, -0.1) is 0 Å². The Labute approximate surface area is 94.4 Å². The highest BCUT2D eigenvalue weighted by molar-refractivity contribution is 5.77. The summed E-state index contributed by atoms with van der Waals surface area (Å²) in [5.74, 6) is -0.146. The van der Waals surface area contributed by atoms with Gasteiger partial charge in [-0.05, 0) is 36.5 Å². The van der Waals surface area contributed by atoms with Crippen LogP contribution in [0.2, 0.25) is 0 Å². The molecule has 2 unspecified atom stereocenters. The molecule has 0 saturated heterocycles. The van der Waals surface area contributed by atoms with Gasteiger partial charge in [-0.1, -0.05) is 19.1 Å². The van der Waals surface area contributed by atoms with Crippen LogP contribution in [0.3, 0.4) is 0 Å². The molecule has 0 N–H and O–H groups in total. The summed E-state index contributed by atoms with van der Waals surface area (Å²) in [6.45, 7) is 2.46. The Kier molecular flexibility index (Phi) is 3.22. The summed E-state index contributed by atoms with van der Waals surface area (Å²) in [5.41, 5.74) is 1.03. The zero-order chi connectivity index (χ0) is 11.5. The molecule has 86 valence electrons. The molecule has 2 nitrogen and oxygen atoms in total. The molecule has 16 heavy (non-hydrogen) atoms. The molecule has 1 aliphatic rings. The Balaban J connectivity index is 1.91. The van der Waals surface area contributed by atoms with Crippen LogP contribution in [-0.4, -0.2) is 12.6 Å². The fourth-order valence-corrected chi connectivity index (χ4v) is 1.84. The predicted molar refractivity (Wildman–Crippen MR) is 58.5 cm³/mol. The molecule has 0 amide bonds. The van der Waals surface area contributed by atoms with Crippen LogP contribution in [0.15, 0.2) is 24.3 Å². The summed E-state index contributed by atoms with van der Waals surface area (Å²) in [6.07, 6.45) is 1.67. The first-order valence-corrected chi connectivity index (χ1v) is 5.64. The van der Waals surface area contributed by atoms with Crippen LogP contribution in [0.25, 0.3) is 0 Å². The first-order chi connectivity index (χ1) is 7.72. The van der Waals surface area contributed by atoms with E-state index in [1.807, 2.05) is 6.92 Å². The van der Waals surface area contributed by atoms with Crippen LogP contribution in [0.4, 0.5) is 4.39 Å². The lowest BCUT2D eigenvalue weighted by atomic mass is 10.1. The average molecular weight is 222 g/mol. The van der Waals surface area contributed by atoms with Gasteiger partial charge < -0.3 is 4.74 Å². The molecule has 2 rings (SSSR count). The van der Waals surface area contributed by atoms with E-state index in [0.29, 0.717) is 6.61 Å². The zero-order valence-corrected chi connectivity index (χ0v) is 9.28. The van der Waals surface area contributed by atoms with Crippen LogP contribution in [0, 0.1) is 11.7 Å². The Bertz CT molecular complexity index is 372. The highest BCUT2D eigenvalue weighted by Gasteiger charge is 2.45. The number of carbonyl (C=O) groups excluding carboxylic acids is 1. The number of rotatable bonds is 4. The maximum absolute atomic E-state index is 12.7. The van der Waals surface area contributed by atoms with Crippen molar-refractivity contribution in [2.75, 3.05) is 6.61 Å². The smallest absolute Gasteiger partial charge is 0.309 e. The molecule has 0 bridgehead atoms. The van der Waals surface area contributed by atoms with E-state index < -0.39 is 0 Å². The molecule has 1 saturated carbocycles. The molecule has 0 aromatic heterocycles. The normalized spacial score (nSPS) is 22.9. The summed E-state index contributed by atoms with van der Waals surface area (Å²) < 4.78 is 17.8. The third kappa shape index (κ3) is 2.40. The number of benzene rings is 1. The third-order valence-electron chi connectivity index (χ3n) is 2.84. The molecule has 0 heterocycles. The topological polar surface area (TPSA) is 26.3 Å². The van der Waals surface area contributed by atoms with E-state index in [0.717, 1.165) is 18.4 Å². The van der Waals surface area contributed by atoms with Gasteiger partial charge >= 0.3 is 5.97 Å². The number of ether oxygens (including phenoxy) is 1. The molecule has 3 heteroatoms. The van der Waals surface area contributed by atoms with Crippen LogP contribution in [-0.2, 0) is 9.53 Å². The predicted octanol–water partition coefficient (Wildman–Crippen LogP) is 2.88. The molecular weight excluding hydrogens is 207 g/mol. The van der Waals surface area contributed by atoms with E-state index in [2.05, 4.69) is 0 Å². The van der Waals surface area contributed by atoms with E-state index >= 15 is 0 Å². The summed E-state index contributed by atoms with van der Waals surface area (Å²) in [5, 5.41) is 0. The van der Waals surface area contributed by atoms with E-state index in [1.54, 1.807) is 12.1 Å². The van der Waals surface area contributed by atoms with Gasteiger partial charge in [0.2, 0.25) is 0 Å². The van der Waals surface area contributed by atoms with Gasteiger partial charge in [-0.25, -0.2) is 4.39 Å². The van der Waals surface area contributed by atoms with Crippen molar-refractivity contribution in [1.82, 2.24) is 0 Å². The van der Waals surface area contributed by atoms with Gasteiger partial charge in [0.1, 0.15) is 5.82 Å².